The first-order valence-electron chi connectivity index (χ1n) is 10.1. The van der Waals surface area contributed by atoms with Gasteiger partial charge in [0.2, 0.25) is 5.91 Å². The van der Waals surface area contributed by atoms with Gasteiger partial charge in [0, 0.05) is 18.2 Å². The van der Waals surface area contributed by atoms with Crippen LogP contribution in [0.25, 0.3) is 0 Å². The molecular weight excluding hydrogens is 448 g/mol. The second-order valence-corrected chi connectivity index (χ2v) is 8.58. The van der Waals surface area contributed by atoms with E-state index in [0.717, 1.165) is 5.56 Å². The molecule has 1 fully saturated rings. The first-order chi connectivity index (χ1) is 15.8. The standard InChI is InChI=1S/C25H19F2NO4S/c1-15(29)32-21-12-4-17(5-13-21)23-24(25(31)28(23)20-10-8-19(27)9-11-20)33-14-22(30)16-2-6-18(26)7-3-16/h2-13,23-24H,14H2,1H3. The maximum atomic E-state index is 13.4. The van der Waals surface area contributed by atoms with Crippen molar-refractivity contribution in [2.45, 2.75) is 18.2 Å². The highest BCUT2D eigenvalue weighted by molar-refractivity contribution is 8.01. The van der Waals surface area contributed by atoms with E-state index in [4.69, 9.17) is 4.74 Å². The van der Waals surface area contributed by atoms with Crippen LogP contribution in [0.5, 0.6) is 5.75 Å². The van der Waals surface area contributed by atoms with Crippen LogP contribution in [0.3, 0.4) is 0 Å². The van der Waals surface area contributed by atoms with E-state index < -0.39 is 28.9 Å². The van der Waals surface area contributed by atoms with Crippen LogP contribution in [0.1, 0.15) is 28.9 Å². The number of halogens is 2. The number of ether oxygens (including phenoxy) is 1. The molecule has 0 radical (unpaired) electrons. The SMILES string of the molecule is CC(=O)Oc1ccc(C2C(SCC(=O)c3ccc(F)cc3)C(=O)N2c2ccc(F)cc2)cc1. The van der Waals surface area contributed by atoms with Gasteiger partial charge in [-0.25, -0.2) is 8.78 Å². The summed E-state index contributed by atoms with van der Waals surface area (Å²) in [6.07, 6.45) is 0. The van der Waals surface area contributed by atoms with Crippen LogP contribution < -0.4 is 9.64 Å². The third kappa shape index (κ3) is 4.96. The zero-order valence-corrected chi connectivity index (χ0v) is 18.4. The van der Waals surface area contributed by atoms with Crippen LogP contribution in [0.2, 0.25) is 0 Å². The van der Waals surface area contributed by atoms with Crippen LogP contribution in [-0.2, 0) is 9.59 Å². The molecule has 168 valence electrons. The van der Waals surface area contributed by atoms with Crippen LogP contribution in [0.4, 0.5) is 14.5 Å². The highest BCUT2D eigenvalue weighted by Gasteiger charge is 2.49. The zero-order chi connectivity index (χ0) is 23.5. The van der Waals surface area contributed by atoms with Crippen molar-refractivity contribution < 1.29 is 27.9 Å². The van der Waals surface area contributed by atoms with E-state index in [1.165, 1.54) is 67.2 Å². The molecule has 1 aliphatic rings. The first-order valence-corrected chi connectivity index (χ1v) is 11.2. The van der Waals surface area contributed by atoms with Gasteiger partial charge < -0.3 is 9.64 Å². The lowest BCUT2D eigenvalue weighted by molar-refractivity contribution is -0.131. The molecule has 0 spiro atoms. The number of ketones is 1. The Morgan fingerprint density at radius 1 is 0.909 bits per heavy atom. The second kappa shape index (κ2) is 9.54. The Labute approximate surface area is 193 Å². The summed E-state index contributed by atoms with van der Waals surface area (Å²) in [6, 6.07) is 17.2. The fourth-order valence-electron chi connectivity index (χ4n) is 3.62. The number of hydrogen-bond donors (Lipinski definition) is 0. The van der Waals surface area contributed by atoms with E-state index in [9.17, 15) is 23.2 Å². The smallest absolute Gasteiger partial charge is 0.308 e. The second-order valence-electron chi connectivity index (χ2n) is 7.45. The third-order valence-electron chi connectivity index (χ3n) is 5.19. The molecular formula is C25H19F2NO4S. The van der Waals surface area contributed by atoms with Gasteiger partial charge in [-0.05, 0) is 66.2 Å². The highest BCUT2D eigenvalue weighted by atomic mass is 32.2. The summed E-state index contributed by atoms with van der Waals surface area (Å²) in [5.74, 6) is -1.28. The van der Waals surface area contributed by atoms with Gasteiger partial charge in [0.1, 0.15) is 22.6 Å². The van der Waals surface area contributed by atoms with Crippen LogP contribution in [-0.4, -0.2) is 28.7 Å². The first kappa shape index (κ1) is 22.7. The minimum Gasteiger partial charge on any atom is -0.427 e. The Kier molecular flexibility index (Phi) is 6.55. The van der Waals surface area contributed by atoms with Gasteiger partial charge in [0.15, 0.2) is 5.78 Å². The summed E-state index contributed by atoms with van der Waals surface area (Å²) >= 11 is 1.20. The normalized spacial score (nSPS) is 17.4. The number of anilines is 1. The Morgan fingerprint density at radius 3 is 2.06 bits per heavy atom. The molecule has 1 aliphatic heterocycles. The molecule has 0 N–H and O–H groups in total. The predicted molar refractivity (Wildman–Crippen MR) is 121 cm³/mol. The summed E-state index contributed by atoms with van der Waals surface area (Å²) in [6.45, 7) is 1.31. The van der Waals surface area contributed by atoms with Gasteiger partial charge >= 0.3 is 5.97 Å². The van der Waals surface area contributed by atoms with Crippen molar-refractivity contribution in [3.63, 3.8) is 0 Å². The maximum Gasteiger partial charge on any atom is 0.308 e. The van der Waals surface area contributed by atoms with Crippen LogP contribution >= 0.6 is 11.8 Å². The molecule has 3 aromatic rings. The molecule has 0 saturated carbocycles. The number of hydrogen-bond acceptors (Lipinski definition) is 5. The minimum absolute atomic E-state index is 0.0430. The number of carbonyl (C=O) groups is 3. The molecule has 1 amide bonds. The fourth-order valence-corrected chi connectivity index (χ4v) is 4.84. The number of Topliss-reactive ketones (excluding diaryl/α,β-unsaturated/α-hetero) is 1. The maximum absolute atomic E-state index is 13.4. The summed E-state index contributed by atoms with van der Waals surface area (Å²) in [4.78, 5) is 38.3. The van der Waals surface area contributed by atoms with Crippen LogP contribution in [0.15, 0.2) is 72.8 Å². The zero-order valence-electron chi connectivity index (χ0n) is 17.5. The van der Waals surface area contributed by atoms with Gasteiger partial charge in [0.25, 0.3) is 0 Å². The monoisotopic (exact) mass is 467 g/mol. The van der Waals surface area contributed by atoms with Gasteiger partial charge in [-0.2, -0.15) is 0 Å². The Balaban J connectivity index is 1.56. The number of carbonyl (C=O) groups excluding carboxylic acids is 3. The molecule has 4 rings (SSSR count). The van der Waals surface area contributed by atoms with Gasteiger partial charge in [0.05, 0.1) is 11.8 Å². The molecule has 0 aromatic heterocycles. The molecule has 1 heterocycles. The van der Waals surface area contributed by atoms with Gasteiger partial charge in [-0.1, -0.05) is 12.1 Å². The van der Waals surface area contributed by atoms with Crippen molar-refractivity contribution >= 4 is 35.1 Å². The number of benzene rings is 3. The molecule has 8 heteroatoms. The Morgan fingerprint density at radius 2 is 1.48 bits per heavy atom. The highest BCUT2D eigenvalue weighted by Crippen LogP contribution is 2.45. The quantitative estimate of drug-likeness (QED) is 0.213. The average molecular weight is 467 g/mol. The molecule has 1 saturated heterocycles. The number of amides is 1. The lowest BCUT2D eigenvalue weighted by Gasteiger charge is -2.47. The van der Waals surface area contributed by atoms with Crippen molar-refractivity contribution in [3.8, 4) is 5.75 Å². The summed E-state index contributed by atoms with van der Waals surface area (Å²) in [5, 5.41) is -0.543. The van der Waals surface area contributed by atoms with E-state index in [0.29, 0.717) is 17.0 Å². The van der Waals surface area contributed by atoms with Crippen LogP contribution in [0, 0.1) is 11.6 Å². The van der Waals surface area contributed by atoms with E-state index in [-0.39, 0.29) is 17.4 Å². The fraction of sp³-hybridized carbons (Fsp3) is 0.160. The topological polar surface area (TPSA) is 63.7 Å². The van der Waals surface area contributed by atoms with E-state index in [1.54, 1.807) is 29.2 Å². The number of β-lactam (4-membered cyclic amide) rings is 1. The van der Waals surface area contributed by atoms with E-state index >= 15 is 0 Å². The van der Waals surface area contributed by atoms with Gasteiger partial charge in [-0.15, -0.1) is 11.8 Å². The van der Waals surface area contributed by atoms with E-state index in [1.807, 2.05) is 0 Å². The molecule has 0 aliphatic carbocycles. The van der Waals surface area contributed by atoms with Crippen molar-refractivity contribution in [2.24, 2.45) is 0 Å². The molecule has 0 bridgehead atoms. The molecule has 2 atom stereocenters. The summed E-state index contributed by atoms with van der Waals surface area (Å²) in [5.41, 5.74) is 1.69. The molecule has 3 aromatic carbocycles. The number of nitrogens with zero attached hydrogens (tertiary/aromatic N) is 1. The largest absolute Gasteiger partial charge is 0.427 e. The Hall–Kier alpha value is -3.52. The number of rotatable bonds is 7. The van der Waals surface area contributed by atoms with Crippen molar-refractivity contribution in [2.75, 3.05) is 10.7 Å². The summed E-state index contributed by atoms with van der Waals surface area (Å²) in [7, 11) is 0. The molecule has 33 heavy (non-hydrogen) atoms. The molecule has 2 unspecified atom stereocenters. The number of esters is 1. The third-order valence-corrected chi connectivity index (χ3v) is 6.44. The lowest BCUT2D eigenvalue weighted by Crippen LogP contribution is -2.57. The lowest BCUT2D eigenvalue weighted by atomic mass is 9.92. The van der Waals surface area contributed by atoms with E-state index in [2.05, 4.69) is 0 Å². The van der Waals surface area contributed by atoms with Crippen molar-refractivity contribution in [3.05, 3.63) is 95.6 Å². The minimum atomic E-state index is -0.543. The summed E-state index contributed by atoms with van der Waals surface area (Å²) < 4.78 is 31.6. The van der Waals surface area contributed by atoms with Crippen molar-refractivity contribution in [1.29, 1.82) is 0 Å². The number of thioether (sulfide) groups is 1. The molecule has 5 nitrogen and oxygen atoms in total. The predicted octanol–water partition coefficient (Wildman–Crippen LogP) is 4.96. The van der Waals surface area contributed by atoms with Crippen molar-refractivity contribution in [1.82, 2.24) is 0 Å². The van der Waals surface area contributed by atoms with Gasteiger partial charge in [-0.3, -0.25) is 14.4 Å². The average Bonchev–Trinajstić information content (AvgIpc) is 2.79. The Bertz CT molecular complexity index is 1180.